The van der Waals surface area contributed by atoms with Gasteiger partial charge in [-0.3, -0.25) is 9.69 Å². The number of hydrogen-bond acceptors (Lipinski definition) is 3. The number of rotatable bonds is 4. The minimum atomic E-state index is -0.460. The van der Waals surface area contributed by atoms with E-state index >= 15 is 0 Å². The molecule has 3 N–H and O–H groups in total. The monoisotopic (exact) mass is 284 g/mol. The van der Waals surface area contributed by atoms with E-state index in [2.05, 4.69) is 16.0 Å². The maximum Gasteiger partial charge on any atom is 0.244 e. The number of benzene rings is 1. The zero-order valence-corrected chi connectivity index (χ0v) is 12.1. The Labute approximate surface area is 124 Å². The second kappa shape index (κ2) is 5.69. The minimum absolute atomic E-state index is 0.0248. The van der Waals surface area contributed by atoms with Gasteiger partial charge in [-0.2, -0.15) is 0 Å². The number of carbonyl (C=O) groups is 1. The maximum atomic E-state index is 12.8. The quantitative estimate of drug-likeness (QED) is 0.903. The van der Waals surface area contributed by atoms with Crippen LogP contribution in [0.4, 0.5) is 5.69 Å². The molecule has 5 nitrogen and oxygen atoms in total. The topological polar surface area (TPSA) is 75.0 Å². The number of anilines is 1. The molecule has 1 aliphatic rings. The van der Waals surface area contributed by atoms with Gasteiger partial charge < -0.3 is 10.7 Å². The van der Waals surface area contributed by atoms with E-state index < -0.39 is 6.04 Å². The molecule has 0 bridgehead atoms. The fourth-order valence-corrected chi connectivity index (χ4v) is 2.95. The van der Waals surface area contributed by atoms with Crippen molar-refractivity contribution in [2.45, 2.75) is 38.3 Å². The van der Waals surface area contributed by atoms with Gasteiger partial charge in [-0.05, 0) is 18.1 Å². The summed E-state index contributed by atoms with van der Waals surface area (Å²) in [6.07, 6.45) is 5.87. The molecular weight excluding hydrogens is 264 g/mol. The first-order chi connectivity index (χ1) is 10.2. The molecule has 3 rings (SSSR count). The number of para-hydroxylation sites is 1. The van der Waals surface area contributed by atoms with Crippen LogP contribution in [0.1, 0.15) is 37.2 Å². The third-order valence-corrected chi connectivity index (χ3v) is 3.97. The predicted molar refractivity (Wildman–Crippen MR) is 81.8 cm³/mol. The van der Waals surface area contributed by atoms with Crippen LogP contribution in [0.2, 0.25) is 0 Å². The Morgan fingerprint density at radius 2 is 2.33 bits per heavy atom. The van der Waals surface area contributed by atoms with E-state index in [0.29, 0.717) is 6.42 Å². The Bertz CT molecular complexity index is 623. The zero-order chi connectivity index (χ0) is 14.8. The molecule has 2 heterocycles. The lowest BCUT2D eigenvalue weighted by Gasteiger charge is -2.27. The van der Waals surface area contributed by atoms with Crippen LogP contribution in [0.3, 0.4) is 0 Å². The highest BCUT2D eigenvalue weighted by molar-refractivity contribution is 5.99. The van der Waals surface area contributed by atoms with E-state index in [9.17, 15) is 4.79 Å². The van der Waals surface area contributed by atoms with Crippen LogP contribution in [0.15, 0.2) is 36.7 Å². The van der Waals surface area contributed by atoms with Crippen molar-refractivity contribution < 1.29 is 4.79 Å². The molecule has 0 saturated heterocycles. The molecule has 1 aromatic heterocycles. The first-order valence-corrected chi connectivity index (χ1v) is 7.38. The minimum Gasteiger partial charge on any atom is -0.347 e. The highest BCUT2D eigenvalue weighted by Gasteiger charge is 2.37. The van der Waals surface area contributed by atoms with Crippen LogP contribution in [0.5, 0.6) is 0 Å². The van der Waals surface area contributed by atoms with Crippen LogP contribution in [-0.4, -0.2) is 21.9 Å². The van der Waals surface area contributed by atoms with Crippen molar-refractivity contribution in [3.8, 4) is 0 Å². The van der Waals surface area contributed by atoms with Crippen LogP contribution in [0.25, 0.3) is 0 Å². The van der Waals surface area contributed by atoms with E-state index in [1.807, 2.05) is 30.0 Å². The summed E-state index contributed by atoms with van der Waals surface area (Å²) < 4.78 is 0. The summed E-state index contributed by atoms with van der Waals surface area (Å²) in [6, 6.07) is 7.44. The highest BCUT2D eigenvalue weighted by Crippen LogP contribution is 2.39. The number of nitrogens with one attached hydrogen (secondary N) is 1. The third kappa shape index (κ3) is 2.45. The number of carbonyl (C=O) groups excluding carboxylic acids is 1. The van der Waals surface area contributed by atoms with Gasteiger partial charge in [-0.1, -0.05) is 31.5 Å². The molecule has 2 aromatic rings. The Balaban J connectivity index is 1.97. The van der Waals surface area contributed by atoms with Gasteiger partial charge in [0.2, 0.25) is 5.91 Å². The van der Waals surface area contributed by atoms with E-state index in [0.717, 1.165) is 29.9 Å². The predicted octanol–water partition coefficient (Wildman–Crippen LogP) is 2.17. The molecule has 21 heavy (non-hydrogen) atoms. The van der Waals surface area contributed by atoms with Gasteiger partial charge in [0.15, 0.2) is 0 Å². The summed E-state index contributed by atoms with van der Waals surface area (Å²) in [5.41, 5.74) is 8.18. The van der Waals surface area contributed by atoms with Crippen LogP contribution in [0, 0.1) is 0 Å². The molecule has 110 valence electrons. The van der Waals surface area contributed by atoms with Gasteiger partial charge in [0.05, 0.1) is 12.1 Å². The second-order valence-electron chi connectivity index (χ2n) is 5.43. The van der Waals surface area contributed by atoms with Gasteiger partial charge in [0.1, 0.15) is 5.82 Å². The molecule has 0 aliphatic carbocycles. The molecule has 1 amide bonds. The van der Waals surface area contributed by atoms with Crippen molar-refractivity contribution in [1.29, 1.82) is 0 Å². The number of nitrogens with two attached hydrogens (primary N) is 1. The standard InChI is InChI=1S/C16H20N4O/c1-2-5-12(17)16(21)20-13-7-4-3-6-11(13)10-14(20)15-18-8-9-19-15/h3-4,6-9,12,14H,2,5,10,17H2,1H3,(H,18,19)/t12-,14-/m0/s1. The Hall–Kier alpha value is -2.14. The molecule has 1 aromatic carbocycles. The largest absolute Gasteiger partial charge is 0.347 e. The molecular formula is C16H20N4O. The number of imidazole rings is 1. The Morgan fingerprint density at radius 1 is 1.52 bits per heavy atom. The van der Waals surface area contributed by atoms with Gasteiger partial charge in [-0.15, -0.1) is 0 Å². The smallest absolute Gasteiger partial charge is 0.244 e. The van der Waals surface area contributed by atoms with E-state index in [1.54, 1.807) is 12.4 Å². The number of aromatic nitrogens is 2. The zero-order valence-electron chi connectivity index (χ0n) is 12.1. The third-order valence-electron chi connectivity index (χ3n) is 3.97. The summed E-state index contributed by atoms with van der Waals surface area (Å²) in [5, 5.41) is 0. The van der Waals surface area contributed by atoms with Crippen molar-refractivity contribution in [2.24, 2.45) is 5.73 Å². The number of nitrogens with zero attached hydrogens (tertiary/aromatic N) is 2. The van der Waals surface area contributed by atoms with Gasteiger partial charge >= 0.3 is 0 Å². The molecule has 0 saturated carbocycles. The molecule has 0 fully saturated rings. The fraction of sp³-hybridized carbons (Fsp3) is 0.375. The van der Waals surface area contributed by atoms with Gasteiger partial charge in [-0.25, -0.2) is 4.98 Å². The lowest BCUT2D eigenvalue weighted by molar-refractivity contribution is -0.120. The van der Waals surface area contributed by atoms with Crippen molar-refractivity contribution in [1.82, 2.24) is 9.97 Å². The van der Waals surface area contributed by atoms with Gasteiger partial charge in [0.25, 0.3) is 0 Å². The average molecular weight is 284 g/mol. The first kappa shape index (κ1) is 13.8. The summed E-state index contributed by atoms with van der Waals surface area (Å²) in [4.78, 5) is 22.0. The first-order valence-electron chi connectivity index (χ1n) is 7.38. The Kier molecular flexibility index (Phi) is 3.75. The van der Waals surface area contributed by atoms with E-state index in [1.165, 1.54) is 0 Å². The molecule has 0 unspecified atom stereocenters. The lowest BCUT2D eigenvalue weighted by atomic mass is 10.1. The molecule has 1 aliphatic heterocycles. The number of amides is 1. The number of hydrogen-bond donors (Lipinski definition) is 2. The maximum absolute atomic E-state index is 12.8. The van der Waals surface area contributed by atoms with Crippen molar-refractivity contribution in [3.63, 3.8) is 0 Å². The normalized spacial score (nSPS) is 18.6. The van der Waals surface area contributed by atoms with Crippen molar-refractivity contribution in [3.05, 3.63) is 48.0 Å². The van der Waals surface area contributed by atoms with Crippen molar-refractivity contribution >= 4 is 11.6 Å². The van der Waals surface area contributed by atoms with Crippen LogP contribution in [-0.2, 0) is 11.2 Å². The highest BCUT2D eigenvalue weighted by atomic mass is 16.2. The lowest BCUT2D eigenvalue weighted by Crippen LogP contribution is -2.44. The van der Waals surface area contributed by atoms with E-state index in [-0.39, 0.29) is 11.9 Å². The molecule has 0 radical (unpaired) electrons. The van der Waals surface area contributed by atoms with Crippen LogP contribution >= 0.6 is 0 Å². The van der Waals surface area contributed by atoms with Crippen LogP contribution < -0.4 is 10.6 Å². The molecule has 0 spiro atoms. The fourth-order valence-electron chi connectivity index (χ4n) is 2.95. The molecule has 5 heteroatoms. The number of fused-ring (bicyclic) bond motifs is 1. The summed E-state index contributed by atoms with van der Waals surface area (Å²) in [5.74, 6) is 0.784. The number of aromatic amines is 1. The SMILES string of the molecule is CCC[C@H](N)C(=O)N1c2ccccc2C[C@H]1c1ncc[nH]1. The average Bonchev–Trinajstić information content (AvgIpc) is 3.13. The Morgan fingerprint density at radius 3 is 3.05 bits per heavy atom. The van der Waals surface area contributed by atoms with Gasteiger partial charge in [0, 0.05) is 24.5 Å². The summed E-state index contributed by atoms with van der Waals surface area (Å²) in [6.45, 7) is 2.04. The summed E-state index contributed by atoms with van der Waals surface area (Å²) >= 11 is 0. The molecule has 2 atom stereocenters. The second-order valence-corrected chi connectivity index (χ2v) is 5.43. The van der Waals surface area contributed by atoms with Crippen molar-refractivity contribution in [2.75, 3.05) is 4.90 Å². The summed E-state index contributed by atoms with van der Waals surface area (Å²) in [7, 11) is 0. The van der Waals surface area contributed by atoms with E-state index in [4.69, 9.17) is 5.73 Å². The number of H-pyrrole nitrogens is 1.